The first kappa shape index (κ1) is 11.4. The van der Waals surface area contributed by atoms with Crippen molar-refractivity contribution in [2.75, 3.05) is 19.6 Å². The van der Waals surface area contributed by atoms with Crippen LogP contribution >= 0.6 is 22.9 Å². The predicted molar refractivity (Wildman–Crippen MR) is 67.5 cm³/mol. The summed E-state index contributed by atoms with van der Waals surface area (Å²) in [5.74, 6) is 0.670. The normalized spacial score (nSPS) is 31.5. The number of halogens is 1. The van der Waals surface area contributed by atoms with Gasteiger partial charge < -0.3 is 10.2 Å². The Morgan fingerprint density at radius 3 is 3.18 bits per heavy atom. The molecule has 6 heteroatoms. The van der Waals surface area contributed by atoms with Crippen LogP contribution in [0.2, 0.25) is 4.34 Å². The second-order valence-corrected chi connectivity index (χ2v) is 6.45. The Bertz CT molecular complexity index is 424. The molecule has 0 saturated carbocycles. The van der Waals surface area contributed by atoms with E-state index in [9.17, 15) is 4.79 Å². The molecule has 92 valence electrons. The average molecular weight is 272 g/mol. The lowest BCUT2D eigenvalue weighted by Crippen LogP contribution is -2.46. The maximum absolute atomic E-state index is 11.9. The highest BCUT2D eigenvalue weighted by molar-refractivity contribution is 7.17. The lowest BCUT2D eigenvalue weighted by atomic mass is 9.97. The van der Waals surface area contributed by atoms with Crippen LogP contribution in [0.4, 0.5) is 0 Å². The monoisotopic (exact) mass is 271 g/mol. The van der Waals surface area contributed by atoms with Crippen LogP contribution in [0.15, 0.2) is 6.20 Å². The van der Waals surface area contributed by atoms with Gasteiger partial charge in [0, 0.05) is 19.1 Å². The minimum atomic E-state index is -0.0885. The number of carbonyl (C=O) groups excluding carboxylic acids is 1. The van der Waals surface area contributed by atoms with Crippen molar-refractivity contribution in [1.82, 2.24) is 15.2 Å². The van der Waals surface area contributed by atoms with Gasteiger partial charge in [0.15, 0.2) is 5.01 Å². The molecule has 0 aliphatic carbocycles. The van der Waals surface area contributed by atoms with Gasteiger partial charge in [0.25, 0.3) is 5.91 Å². The Kier molecular flexibility index (Phi) is 3.06. The molecule has 4 nitrogen and oxygen atoms in total. The van der Waals surface area contributed by atoms with Gasteiger partial charge in [-0.1, -0.05) is 22.9 Å². The highest BCUT2D eigenvalue weighted by atomic mass is 35.5. The highest BCUT2D eigenvalue weighted by Gasteiger charge is 2.33. The number of nitrogens with one attached hydrogen (secondary N) is 1. The molecule has 1 N–H and O–H groups in total. The summed E-state index contributed by atoms with van der Waals surface area (Å²) in [6.07, 6.45) is 3.89. The molecule has 2 aliphatic rings. The van der Waals surface area contributed by atoms with E-state index in [1.165, 1.54) is 37.0 Å². The van der Waals surface area contributed by atoms with Gasteiger partial charge in [-0.2, -0.15) is 0 Å². The number of aromatic nitrogens is 1. The third kappa shape index (κ3) is 2.46. The van der Waals surface area contributed by atoms with Crippen molar-refractivity contribution in [1.29, 1.82) is 0 Å². The zero-order valence-corrected chi connectivity index (χ0v) is 10.9. The average Bonchev–Trinajstić information content (AvgIpc) is 2.85. The predicted octanol–water partition coefficient (Wildman–Crippen LogP) is 1.62. The summed E-state index contributed by atoms with van der Waals surface area (Å²) >= 11 is 7.00. The molecule has 2 saturated heterocycles. The Balaban J connectivity index is 1.62. The van der Waals surface area contributed by atoms with Crippen molar-refractivity contribution >= 4 is 28.8 Å². The van der Waals surface area contributed by atoms with E-state index < -0.39 is 0 Å². The van der Waals surface area contributed by atoms with Crippen molar-refractivity contribution in [3.05, 3.63) is 15.5 Å². The molecule has 0 aromatic carbocycles. The summed E-state index contributed by atoms with van der Waals surface area (Å²) < 4.78 is 0.558. The fourth-order valence-electron chi connectivity index (χ4n) is 2.77. The van der Waals surface area contributed by atoms with Gasteiger partial charge in [0.05, 0.1) is 6.20 Å². The third-order valence-corrected chi connectivity index (χ3v) is 4.59. The standard InChI is InChI=1S/C11H14ClN3OS/c12-9-4-13-11(17-9)10(16)14-8-3-7-1-2-15(5-7)6-8/h4,7-8H,1-3,5-6H2,(H,14,16)/t7-,8-/m1/s1. The first-order valence-corrected chi connectivity index (χ1v) is 7.04. The molecule has 1 aromatic rings. The van der Waals surface area contributed by atoms with Gasteiger partial charge in [0.2, 0.25) is 0 Å². The van der Waals surface area contributed by atoms with Crippen LogP contribution < -0.4 is 5.32 Å². The van der Waals surface area contributed by atoms with Gasteiger partial charge in [-0.15, -0.1) is 0 Å². The van der Waals surface area contributed by atoms with Crippen molar-refractivity contribution < 1.29 is 4.79 Å². The van der Waals surface area contributed by atoms with Crippen LogP contribution in [0.3, 0.4) is 0 Å². The molecule has 0 radical (unpaired) electrons. The summed E-state index contributed by atoms with van der Waals surface area (Å²) in [5, 5.41) is 3.52. The smallest absolute Gasteiger partial charge is 0.280 e. The second-order valence-electron chi connectivity index (χ2n) is 4.79. The molecule has 17 heavy (non-hydrogen) atoms. The van der Waals surface area contributed by atoms with E-state index in [4.69, 9.17) is 11.6 Å². The minimum Gasteiger partial charge on any atom is -0.346 e. The van der Waals surface area contributed by atoms with Crippen LogP contribution in [0.1, 0.15) is 22.6 Å². The molecule has 2 fully saturated rings. The van der Waals surface area contributed by atoms with Crippen molar-refractivity contribution in [3.8, 4) is 0 Å². The lowest BCUT2D eigenvalue weighted by Gasteiger charge is -2.30. The van der Waals surface area contributed by atoms with Gasteiger partial charge in [-0.3, -0.25) is 4.79 Å². The molecule has 1 unspecified atom stereocenters. The highest BCUT2D eigenvalue weighted by Crippen LogP contribution is 2.27. The zero-order valence-electron chi connectivity index (χ0n) is 9.36. The molecule has 3 atom stereocenters. The molecular formula is C11H14ClN3OS. The molecule has 2 aliphatic heterocycles. The number of piperidine rings is 1. The molecule has 3 heterocycles. The van der Waals surface area contributed by atoms with Gasteiger partial charge in [-0.05, 0) is 25.3 Å². The summed E-state index contributed by atoms with van der Waals surface area (Å²) in [6.45, 7) is 3.36. The van der Waals surface area contributed by atoms with Crippen LogP contribution in [-0.2, 0) is 0 Å². The van der Waals surface area contributed by atoms with E-state index in [2.05, 4.69) is 15.2 Å². The lowest BCUT2D eigenvalue weighted by molar-refractivity contribution is 0.0909. The van der Waals surface area contributed by atoms with Crippen LogP contribution in [0.5, 0.6) is 0 Å². The zero-order chi connectivity index (χ0) is 11.8. The van der Waals surface area contributed by atoms with Crippen molar-refractivity contribution in [3.63, 3.8) is 0 Å². The molecule has 0 spiro atoms. The topological polar surface area (TPSA) is 45.2 Å². The Labute approximate surface area is 109 Å². The first-order valence-electron chi connectivity index (χ1n) is 5.85. The fourth-order valence-corrected chi connectivity index (χ4v) is 3.59. The summed E-state index contributed by atoms with van der Waals surface area (Å²) in [4.78, 5) is 18.3. The molecule has 2 bridgehead atoms. The molecular weight excluding hydrogens is 258 g/mol. The Morgan fingerprint density at radius 2 is 2.47 bits per heavy atom. The number of rotatable bonds is 2. The number of nitrogens with zero attached hydrogens (tertiary/aromatic N) is 2. The quantitative estimate of drug-likeness (QED) is 0.889. The van der Waals surface area contributed by atoms with E-state index in [0.717, 1.165) is 18.9 Å². The van der Waals surface area contributed by atoms with Crippen LogP contribution in [0.25, 0.3) is 0 Å². The molecule has 3 rings (SSSR count). The summed E-state index contributed by atoms with van der Waals surface area (Å²) in [5.41, 5.74) is 0. The second kappa shape index (κ2) is 4.55. The number of carbonyl (C=O) groups is 1. The van der Waals surface area contributed by atoms with Crippen LogP contribution in [-0.4, -0.2) is 41.5 Å². The summed E-state index contributed by atoms with van der Waals surface area (Å²) in [7, 11) is 0. The Hall–Kier alpha value is -0.650. The van der Waals surface area contributed by atoms with Crippen molar-refractivity contribution in [2.24, 2.45) is 5.92 Å². The third-order valence-electron chi connectivity index (χ3n) is 3.47. The Morgan fingerprint density at radius 1 is 1.59 bits per heavy atom. The van der Waals surface area contributed by atoms with E-state index >= 15 is 0 Å². The number of hydrogen-bond donors (Lipinski definition) is 1. The number of thiazole rings is 1. The fraction of sp³-hybridized carbons (Fsp3) is 0.636. The van der Waals surface area contributed by atoms with Crippen molar-refractivity contribution in [2.45, 2.75) is 18.9 Å². The van der Waals surface area contributed by atoms with Crippen LogP contribution in [0, 0.1) is 5.92 Å². The maximum Gasteiger partial charge on any atom is 0.280 e. The molecule has 1 amide bonds. The van der Waals surface area contributed by atoms with E-state index in [-0.39, 0.29) is 11.9 Å². The largest absolute Gasteiger partial charge is 0.346 e. The molecule has 1 aromatic heterocycles. The number of amides is 1. The number of hydrogen-bond acceptors (Lipinski definition) is 4. The first-order chi connectivity index (χ1) is 8.20. The van der Waals surface area contributed by atoms with Gasteiger partial charge in [-0.25, -0.2) is 4.98 Å². The van der Waals surface area contributed by atoms with E-state index in [1.807, 2.05) is 0 Å². The van der Waals surface area contributed by atoms with Gasteiger partial charge >= 0.3 is 0 Å². The number of fused-ring (bicyclic) bond motifs is 2. The SMILES string of the molecule is O=C(N[C@@H]1C[C@H]2CCN(C2)C1)c1ncc(Cl)s1. The summed E-state index contributed by atoms with van der Waals surface area (Å²) in [6, 6.07) is 0.270. The minimum absolute atomic E-state index is 0.0885. The van der Waals surface area contributed by atoms with E-state index in [1.54, 1.807) is 0 Å². The van der Waals surface area contributed by atoms with E-state index in [0.29, 0.717) is 9.34 Å². The maximum atomic E-state index is 11.9. The van der Waals surface area contributed by atoms with Gasteiger partial charge in [0.1, 0.15) is 4.34 Å².